The van der Waals surface area contributed by atoms with Crippen LogP contribution >= 0.6 is 11.6 Å². The van der Waals surface area contributed by atoms with Gasteiger partial charge in [-0.05, 0) is 49.3 Å². The second kappa shape index (κ2) is 6.05. The monoisotopic (exact) mass is 267 g/mol. The Morgan fingerprint density at radius 3 is 2.44 bits per heavy atom. The van der Waals surface area contributed by atoms with Crippen LogP contribution in [0.1, 0.15) is 38.2 Å². The first-order chi connectivity index (χ1) is 8.63. The van der Waals surface area contributed by atoms with Gasteiger partial charge in [0.1, 0.15) is 0 Å². The molecule has 1 fully saturated rings. The van der Waals surface area contributed by atoms with Crippen LogP contribution in [0.4, 0.5) is 0 Å². The third-order valence-electron chi connectivity index (χ3n) is 4.02. The molecule has 0 saturated heterocycles. The quantitative estimate of drug-likeness (QED) is 0.901. The van der Waals surface area contributed by atoms with E-state index in [1.165, 1.54) is 12.8 Å². The minimum Gasteiger partial charge on any atom is -0.369 e. The Labute approximate surface area is 114 Å². The van der Waals surface area contributed by atoms with Crippen LogP contribution in [0.5, 0.6) is 0 Å². The van der Waals surface area contributed by atoms with Crippen LogP contribution in [0.3, 0.4) is 0 Å². The molecular formula is C15H22ClNO. The zero-order valence-electron chi connectivity index (χ0n) is 11.0. The number of halogens is 1. The molecule has 18 heavy (non-hydrogen) atoms. The van der Waals surface area contributed by atoms with Crippen molar-refractivity contribution in [1.82, 2.24) is 0 Å². The predicted octanol–water partition coefficient (Wildman–Crippen LogP) is 3.76. The molecule has 0 aromatic heterocycles. The highest BCUT2D eigenvalue weighted by molar-refractivity contribution is 6.30. The maximum atomic E-state index is 6.13. The molecule has 2 rings (SSSR count). The van der Waals surface area contributed by atoms with Gasteiger partial charge in [0.15, 0.2) is 0 Å². The Kier molecular flexibility index (Phi) is 4.66. The summed E-state index contributed by atoms with van der Waals surface area (Å²) in [6.07, 6.45) is 4.60. The van der Waals surface area contributed by atoms with Crippen LogP contribution in [-0.2, 0) is 11.3 Å². The van der Waals surface area contributed by atoms with Gasteiger partial charge in [0.05, 0.1) is 12.2 Å². The van der Waals surface area contributed by atoms with Gasteiger partial charge in [-0.15, -0.1) is 0 Å². The van der Waals surface area contributed by atoms with Gasteiger partial charge >= 0.3 is 0 Å². The summed E-state index contributed by atoms with van der Waals surface area (Å²) < 4.78 is 6.13. The molecule has 0 heterocycles. The van der Waals surface area contributed by atoms with Crippen LogP contribution in [0.25, 0.3) is 0 Å². The SMILES string of the molecule is CC1CCC(CN)(OCc2ccc(Cl)cc2)CC1. The lowest BCUT2D eigenvalue weighted by Gasteiger charge is -2.38. The van der Waals surface area contributed by atoms with Crippen LogP contribution in [0.2, 0.25) is 5.02 Å². The highest BCUT2D eigenvalue weighted by atomic mass is 35.5. The molecule has 0 bridgehead atoms. The van der Waals surface area contributed by atoms with Crippen molar-refractivity contribution in [2.75, 3.05) is 6.54 Å². The maximum absolute atomic E-state index is 6.13. The van der Waals surface area contributed by atoms with Gasteiger partial charge in [-0.25, -0.2) is 0 Å². The van der Waals surface area contributed by atoms with E-state index in [4.69, 9.17) is 22.1 Å². The summed E-state index contributed by atoms with van der Waals surface area (Å²) in [5, 5.41) is 0.763. The summed E-state index contributed by atoms with van der Waals surface area (Å²) >= 11 is 5.87. The van der Waals surface area contributed by atoms with E-state index in [9.17, 15) is 0 Å². The fourth-order valence-corrected chi connectivity index (χ4v) is 2.64. The standard InChI is InChI=1S/C15H22ClNO/c1-12-6-8-15(11-17,9-7-12)18-10-13-2-4-14(16)5-3-13/h2-5,12H,6-11,17H2,1H3. The summed E-state index contributed by atoms with van der Waals surface area (Å²) in [6.45, 7) is 3.55. The lowest BCUT2D eigenvalue weighted by molar-refractivity contribution is -0.0799. The van der Waals surface area contributed by atoms with Gasteiger partial charge in [0.25, 0.3) is 0 Å². The number of hydrogen-bond acceptors (Lipinski definition) is 2. The molecule has 0 amide bonds. The Morgan fingerprint density at radius 1 is 1.28 bits per heavy atom. The van der Waals surface area contributed by atoms with Gasteiger partial charge in [-0.3, -0.25) is 0 Å². The predicted molar refractivity (Wildman–Crippen MR) is 75.7 cm³/mol. The summed E-state index contributed by atoms with van der Waals surface area (Å²) in [6, 6.07) is 7.83. The second-order valence-corrected chi connectivity index (χ2v) is 5.92. The van der Waals surface area contributed by atoms with Gasteiger partial charge < -0.3 is 10.5 Å². The number of rotatable bonds is 4. The molecule has 1 aliphatic carbocycles. The van der Waals surface area contributed by atoms with Crippen molar-refractivity contribution in [3.8, 4) is 0 Å². The van der Waals surface area contributed by atoms with Crippen LogP contribution in [-0.4, -0.2) is 12.1 Å². The molecule has 0 unspecified atom stereocenters. The van der Waals surface area contributed by atoms with Crippen LogP contribution in [0, 0.1) is 5.92 Å². The zero-order valence-corrected chi connectivity index (χ0v) is 11.7. The summed E-state index contributed by atoms with van der Waals surface area (Å²) in [5.74, 6) is 0.809. The first-order valence-electron chi connectivity index (χ1n) is 6.72. The van der Waals surface area contributed by atoms with E-state index in [-0.39, 0.29) is 5.60 Å². The summed E-state index contributed by atoms with van der Waals surface area (Å²) in [4.78, 5) is 0. The van der Waals surface area contributed by atoms with Crippen LogP contribution < -0.4 is 5.73 Å². The molecule has 0 atom stereocenters. The van der Waals surface area contributed by atoms with Crippen molar-refractivity contribution in [3.05, 3.63) is 34.9 Å². The number of nitrogens with two attached hydrogens (primary N) is 1. The molecule has 0 spiro atoms. The maximum Gasteiger partial charge on any atom is 0.0808 e. The Hall–Kier alpha value is -0.570. The largest absolute Gasteiger partial charge is 0.369 e. The van der Waals surface area contributed by atoms with Crippen molar-refractivity contribution in [3.63, 3.8) is 0 Å². The van der Waals surface area contributed by atoms with E-state index in [0.29, 0.717) is 13.2 Å². The Bertz CT molecular complexity index is 369. The van der Waals surface area contributed by atoms with E-state index in [2.05, 4.69) is 6.92 Å². The molecule has 2 nitrogen and oxygen atoms in total. The fraction of sp³-hybridized carbons (Fsp3) is 0.600. The third kappa shape index (κ3) is 3.47. The highest BCUT2D eigenvalue weighted by Gasteiger charge is 2.33. The topological polar surface area (TPSA) is 35.2 Å². The third-order valence-corrected chi connectivity index (χ3v) is 4.27. The van der Waals surface area contributed by atoms with Crippen molar-refractivity contribution in [2.45, 2.75) is 44.8 Å². The van der Waals surface area contributed by atoms with E-state index in [1.54, 1.807) is 0 Å². The normalized spacial score (nSPS) is 28.3. The lowest BCUT2D eigenvalue weighted by Crippen LogP contribution is -2.43. The Morgan fingerprint density at radius 2 is 1.89 bits per heavy atom. The Balaban J connectivity index is 1.92. The summed E-state index contributed by atoms with van der Waals surface area (Å²) in [7, 11) is 0. The minimum atomic E-state index is -0.105. The molecule has 0 aliphatic heterocycles. The highest BCUT2D eigenvalue weighted by Crippen LogP contribution is 2.34. The number of benzene rings is 1. The average Bonchev–Trinajstić information content (AvgIpc) is 2.41. The molecule has 2 N–H and O–H groups in total. The van der Waals surface area contributed by atoms with Gasteiger partial charge in [0.2, 0.25) is 0 Å². The molecule has 100 valence electrons. The zero-order chi connectivity index (χ0) is 13.0. The molecule has 1 aromatic carbocycles. The first-order valence-corrected chi connectivity index (χ1v) is 7.10. The smallest absolute Gasteiger partial charge is 0.0808 e. The lowest BCUT2D eigenvalue weighted by atomic mass is 9.79. The molecule has 3 heteroatoms. The van der Waals surface area contributed by atoms with E-state index >= 15 is 0 Å². The number of ether oxygens (including phenoxy) is 1. The molecule has 0 radical (unpaired) electrons. The second-order valence-electron chi connectivity index (χ2n) is 5.48. The first kappa shape index (κ1) is 13.9. The van der Waals surface area contributed by atoms with Crippen molar-refractivity contribution >= 4 is 11.6 Å². The molecule has 1 aliphatic rings. The molecule has 1 saturated carbocycles. The van der Waals surface area contributed by atoms with Crippen LogP contribution in [0.15, 0.2) is 24.3 Å². The minimum absolute atomic E-state index is 0.105. The van der Waals surface area contributed by atoms with Crippen molar-refractivity contribution < 1.29 is 4.74 Å². The fourth-order valence-electron chi connectivity index (χ4n) is 2.51. The van der Waals surface area contributed by atoms with E-state index in [0.717, 1.165) is 29.3 Å². The summed E-state index contributed by atoms with van der Waals surface area (Å²) in [5.41, 5.74) is 6.98. The van der Waals surface area contributed by atoms with Crippen molar-refractivity contribution in [1.29, 1.82) is 0 Å². The molecular weight excluding hydrogens is 246 g/mol. The van der Waals surface area contributed by atoms with Gasteiger partial charge in [-0.2, -0.15) is 0 Å². The van der Waals surface area contributed by atoms with E-state index in [1.807, 2.05) is 24.3 Å². The van der Waals surface area contributed by atoms with Gasteiger partial charge in [-0.1, -0.05) is 30.7 Å². The van der Waals surface area contributed by atoms with E-state index < -0.39 is 0 Å². The number of hydrogen-bond donors (Lipinski definition) is 1. The van der Waals surface area contributed by atoms with Crippen molar-refractivity contribution in [2.24, 2.45) is 11.7 Å². The molecule has 1 aromatic rings. The van der Waals surface area contributed by atoms with Gasteiger partial charge in [0, 0.05) is 11.6 Å². The average molecular weight is 268 g/mol.